The molecule has 1 N–H and O–H groups in total. The first-order valence-electron chi connectivity index (χ1n) is 8.97. The SMILES string of the molecule is O=C1CN(C(=O)[C@@H]2CCC(=O)N2c2ccc(OC(F)(F)F)cc2)c2ncccc2N1. The van der Waals surface area contributed by atoms with Gasteiger partial charge in [0.15, 0.2) is 5.82 Å². The van der Waals surface area contributed by atoms with Crippen molar-refractivity contribution in [3.8, 4) is 5.75 Å². The Balaban J connectivity index is 1.61. The lowest BCUT2D eigenvalue weighted by Gasteiger charge is -2.32. The molecule has 0 bridgehead atoms. The van der Waals surface area contributed by atoms with Gasteiger partial charge in [-0.15, -0.1) is 13.2 Å². The van der Waals surface area contributed by atoms with E-state index in [0.29, 0.717) is 5.69 Å². The van der Waals surface area contributed by atoms with Crippen LogP contribution in [0.1, 0.15) is 12.8 Å². The largest absolute Gasteiger partial charge is 0.573 e. The zero-order valence-corrected chi connectivity index (χ0v) is 15.3. The van der Waals surface area contributed by atoms with Gasteiger partial charge in [0.25, 0.3) is 5.91 Å². The Morgan fingerprint density at radius 2 is 1.90 bits per heavy atom. The Kier molecular flexibility index (Phi) is 4.80. The molecular weight excluding hydrogens is 405 g/mol. The second kappa shape index (κ2) is 7.32. The summed E-state index contributed by atoms with van der Waals surface area (Å²) in [6.07, 6.45) is -3.06. The number of rotatable bonds is 3. The maximum absolute atomic E-state index is 13.2. The zero-order chi connectivity index (χ0) is 21.5. The summed E-state index contributed by atoms with van der Waals surface area (Å²) in [6, 6.07) is 7.01. The average molecular weight is 420 g/mol. The first kappa shape index (κ1) is 19.7. The van der Waals surface area contributed by atoms with Crippen LogP contribution in [0.15, 0.2) is 42.6 Å². The smallest absolute Gasteiger partial charge is 0.406 e. The highest BCUT2D eigenvalue weighted by molar-refractivity contribution is 6.14. The molecule has 11 heteroatoms. The molecular formula is C19H15F3N4O4. The van der Waals surface area contributed by atoms with E-state index in [9.17, 15) is 27.6 Å². The minimum absolute atomic E-state index is 0.0896. The van der Waals surface area contributed by atoms with Crippen molar-refractivity contribution in [2.75, 3.05) is 21.7 Å². The maximum atomic E-state index is 13.2. The topological polar surface area (TPSA) is 91.8 Å². The number of carbonyl (C=O) groups is 3. The van der Waals surface area contributed by atoms with E-state index in [1.54, 1.807) is 12.1 Å². The summed E-state index contributed by atoms with van der Waals surface area (Å²) < 4.78 is 40.9. The van der Waals surface area contributed by atoms with Crippen LogP contribution in [0.5, 0.6) is 5.75 Å². The van der Waals surface area contributed by atoms with E-state index in [0.717, 1.165) is 12.1 Å². The molecule has 0 spiro atoms. The van der Waals surface area contributed by atoms with Gasteiger partial charge >= 0.3 is 6.36 Å². The first-order valence-corrected chi connectivity index (χ1v) is 8.97. The Bertz CT molecular complexity index is 1010. The molecule has 3 amide bonds. The normalized spacial score (nSPS) is 18.8. The number of ether oxygens (including phenoxy) is 1. The molecule has 3 heterocycles. The van der Waals surface area contributed by atoms with E-state index in [1.807, 2.05) is 0 Å². The molecule has 2 aliphatic heterocycles. The monoisotopic (exact) mass is 420 g/mol. The Morgan fingerprint density at radius 3 is 2.60 bits per heavy atom. The van der Waals surface area contributed by atoms with E-state index < -0.39 is 30.0 Å². The number of amides is 3. The number of hydrogen-bond acceptors (Lipinski definition) is 5. The van der Waals surface area contributed by atoms with E-state index in [-0.39, 0.29) is 36.8 Å². The van der Waals surface area contributed by atoms with E-state index in [4.69, 9.17) is 0 Å². The highest BCUT2D eigenvalue weighted by Gasteiger charge is 2.42. The van der Waals surface area contributed by atoms with Gasteiger partial charge in [-0.05, 0) is 42.8 Å². The fraction of sp³-hybridized carbons (Fsp3) is 0.263. The van der Waals surface area contributed by atoms with Crippen molar-refractivity contribution in [3.05, 3.63) is 42.6 Å². The van der Waals surface area contributed by atoms with Gasteiger partial charge in [-0.2, -0.15) is 0 Å². The lowest BCUT2D eigenvalue weighted by molar-refractivity contribution is -0.274. The summed E-state index contributed by atoms with van der Waals surface area (Å²) in [4.78, 5) is 44.3. The molecule has 0 saturated carbocycles. The third-order valence-corrected chi connectivity index (χ3v) is 4.73. The van der Waals surface area contributed by atoms with Crippen LogP contribution >= 0.6 is 0 Å². The molecule has 4 rings (SSSR count). The molecule has 1 saturated heterocycles. The molecule has 1 aromatic heterocycles. The number of hydrogen-bond donors (Lipinski definition) is 1. The lowest BCUT2D eigenvalue weighted by Crippen LogP contribution is -2.51. The summed E-state index contributed by atoms with van der Waals surface area (Å²) in [5.74, 6) is -1.40. The number of carbonyl (C=O) groups excluding carboxylic acids is 3. The Hall–Kier alpha value is -3.63. The summed E-state index contributed by atoms with van der Waals surface area (Å²) in [7, 11) is 0. The predicted molar refractivity (Wildman–Crippen MR) is 98.9 cm³/mol. The van der Waals surface area contributed by atoms with Crippen molar-refractivity contribution in [1.29, 1.82) is 0 Å². The van der Waals surface area contributed by atoms with Crippen molar-refractivity contribution < 1.29 is 32.3 Å². The second-order valence-corrected chi connectivity index (χ2v) is 6.71. The summed E-state index contributed by atoms with van der Waals surface area (Å²) >= 11 is 0. The molecule has 156 valence electrons. The molecule has 2 aliphatic rings. The molecule has 1 atom stereocenters. The number of alkyl halides is 3. The summed E-state index contributed by atoms with van der Waals surface area (Å²) in [5.41, 5.74) is 0.639. The number of nitrogens with one attached hydrogen (secondary N) is 1. The number of fused-ring (bicyclic) bond motifs is 1. The number of nitrogens with zero attached hydrogens (tertiary/aromatic N) is 3. The molecule has 0 unspecified atom stereocenters. The highest BCUT2D eigenvalue weighted by Crippen LogP contribution is 2.33. The van der Waals surface area contributed by atoms with Crippen LogP contribution in [0, 0.1) is 0 Å². The quantitative estimate of drug-likeness (QED) is 0.824. The van der Waals surface area contributed by atoms with Crippen molar-refractivity contribution in [1.82, 2.24) is 4.98 Å². The van der Waals surface area contributed by atoms with Crippen LogP contribution < -0.4 is 19.9 Å². The highest BCUT2D eigenvalue weighted by atomic mass is 19.4. The molecule has 1 fully saturated rings. The third-order valence-electron chi connectivity index (χ3n) is 4.73. The minimum atomic E-state index is -4.83. The van der Waals surface area contributed by atoms with Crippen LogP contribution in [-0.2, 0) is 14.4 Å². The van der Waals surface area contributed by atoms with Gasteiger partial charge in [-0.3, -0.25) is 24.2 Å². The van der Waals surface area contributed by atoms with Crippen LogP contribution in [0.25, 0.3) is 0 Å². The van der Waals surface area contributed by atoms with Gasteiger partial charge in [0.2, 0.25) is 11.8 Å². The van der Waals surface area contributed by atoms with Crippen LogP contribution in [-0.4, -0.2) is 41.7 Å². The lowest BCUT2D eigenvalue weighted by atomic mass is 10.1. The van der Waals surface area contributed by atoms with Crippen LogP contribution in [0.4, 0.5) is 30.4 Å². The number of benzene rings is 1. The van der Waals surface area contributed by atoms with Crippen LogP contribution in [0.3, 0.4) is 0 Å². The van der Waals surface area contributed by atoms with Gasteiger partial charge in [0.05, 0.1) is 5.69 Å². The summed E-state index contributed by atoms with van der Waals surface area (Å²) in [5, 5.41) is 2.63. The minimum Gasteiger partial charge on any atom is -0.406 e. The van der Waals surface area contributed by atoms with Gasteiger partial charge < -0.3 is 10.1 Å². The van der Waals surface area contributed by atoms with Crippen molar-refractivity contribution in [3.63, 3.8) is 0 Å². The fourth-order valence-corrected chi connectivity index (χ4v) is 3.53. The molecule has 0 radical (unpaired) electrons. The number of halogens is 3. The zero-order valence-electron chi connectivity index (χ0n) is 15.3. The molecule has 1 aromatic carbocycles. The predicted octanol–water partition coefficient (Wildman–Crippen LogP) is 2.46. The Morgan fingerprint density at radius 1 is 1.17 bits per heavy atom. The first-order chi connectivity index (χ1) is 14.2. The number of aromatic nitrogens is 1. The van der Waals surface area contributed by atoms with E-state index in [2.05, 4.69) is 15.0 Å². The average Bonchev–Trinajstić information content (AvgIpc) is 3.07. The summed E-state index contributed by atoms with van der Waals surface area (Å²) in [6.45, 7) is -0.250. The molecule has 30 heavy (non-hydrogen) atoms. The maximum Gasteiger partial charge on any atom is 0.573 e. The van der Waals surface area contributed by atoms with Gasteiger partial charge in [-0.1, -0.05) is 0 Å². The van der Waals surface area contributed by atoms with E-state index >= 15 is 0 Å². The molecule has 8 nitrogen and oxygen atoms in total. The molecule has 0 aliphatic carbocycles. The molecule has 2 aromatic rings. The van der Waals surface area contributed by atoms with Crippen molar-refractivity contribution in [2.45, 2.75) is 25.2 Å². The van der Waals surface area contributed by atoms with Gasteiger partial charge in [0, 0.05) is 18.3 Å². The van der Waals surface area contributed by atoms with Crippen molar-refractivity contribution in [2.24, 2.45) is 0 Å². The van der Waals surface area contributed by atoms with Gasteiger partial charge in [0.1, 0.15) is 18.3 Å². The second-order valence-electron chi connectivity index (χ2n) is 6.71. The number of pyridine rings is 1. The Labute approximate surface area is 168 Å². The van der Waals surface area contributed by atoms with E-state index in [1.165, 1.54) is 28.1 Å². The van der Waals surface area contributed by atoms with Crippen molar-refractivity contribution >= 4 is 34.9 Å². The van der Waals surface area contributed by atoms with Gasteiger partial charge in [-0.25, -0.2) is 4.98 Å². The standard InChI is InChI=1S/C19H15F3N4O4/c20-19(21,22)30-12-5-3-11(4-6-12)26-14(7-8-16(26)28)18(29)25-10-15(27)24-13-2-1-9-23-17(13)25/h1-6,9,14H,7-8,10H2,(H,24,27)/t14-/m0/s1. The van der Waals surface area contributed by atoms with Crippen LogP contribution in [0.2, 0.25) is 0 Å². The third kappa shape index (κ3) is 3.78. The number of anilines is 3. The fourth-order valence-electron chi connectivity index (χ4n) is 3.53.